The summed E-state index contributed by atoms with van der Waals surface area (Å²) in [7, 11) is 0. The Morgan fingerprint density at radius 3 is 1.71 bits per heavy atom. The molecular formula is C73H65N5O. The molecule has 9 aromatic carbocycles. The lowest BCUT2D eigenvalue weighted by molar-refractivity contribution is -0.571. The molecule has 13 rings (SSSR count). The molecule has 0 bridgehead atoms. The lowest BCUT2D eigenvalue weighted by Gasteiger charge is -2.27. The third-order valence-electron chi connectivity index (χ3n) is 15.5. The van der Waals surface area contributed by atoms with Gasteiger partial charge in [0.15, 0.2) is 0 Å². The molecule has 0 saturated carbocycles. The van der Waals surface area contributed by atoms with Gasteiger partial charge in [-0.05, 0) is 110 Å². The van der Waals surface area contributed by atoms with E-state index >= 15 is 0 Å². The molecule has 0 atom stereocenters. The first-order valence-electron chi connectivity index (χ1n) is 27.7. The number of hydrogen-bond donors (Lipinski definition) is 0. The fraction of sp³-hybridized carbons (Fsp3) is 0.178. The largest absolute Gasteiger partial charge is 0.458 e. The minimum Gasteiger partial charge on any atom is -0.458 e. The van der Waals surface area contributed by atoms with Crippen LogP contribution in [0.25, 0.3) is 99.8 Å². The second-order valence-corrected chi connectivity index (χ2v) is 24.5. The Bertz CT molecular complexity index is 4410. The molecular weight excluding hydrogens is 963 g/mol. The molecule has 6 nitrogen and oxygen atoms in total. The highest BCUT2D eigenvalue weighted by molar-refractivity contribution is 6.16. The van der Waals surface area contributed by atoms with Gasteiger partial charge in [-0.15, -0.1) is 0 Å². The summed E-state index contributed by atoms with van der Waals surface area (Å²) in [6.45, 7) is 20.7. The predicted molar refractivity (Wildman–Crippen MR) is 328 cm³/mol. The van der Waals surface area contributed by atoms with Crippen LogP contribution in [0.4, 0.5) is 0 Å². The molecule has 0 saturated heterocycles. The van der Waals surface area contributed by atoms with Gasteiger partial charge in [0.1, 0.15) is 17.3 Å². The minimum absolute atomic E-state index is 0.0541. The number of benzene rings is 9. The molecule has 0 radical (unpaired) electrons. The maximum absolute atomic E-state index is 7.24. The van der Waals surface area contributed by atoms with Gasteiger partial charge in [-0.3, -0.25) is 13.7 Å². The summed E-state index contributed by atoms with van der Waals surface area (Å²) < 4.78 is 16.4. The zero-order valence-corrected chi connectivity index (χ0v) is 46.6. The van der Waals surface area contributed by atoms with Crippen LogP contribution in [-0.2, 0) is 17.3 Å². The van der Waals surface area contributed by atoms with E-state index in [0.29, 0.717) is 11.5 Å². The number of fused-ring (bicyclic) bond motifs is 7. The van der Waals surface area contributed by atoms with Crippen molar-refractivity contribution in [2.75, 3.05) is 0 Å². The lowest BCUT2D eigenvalue weighted by Crippen LogP contribution is -2.31. The van der Waals surface area contributed by atoms with E-state index < -0.39 is 0 Å². The molecule has 0 N–H and O–H groups in total. The topological polar surface area (TPSA) is 40.8 Å². The number of nitrogens with zero attached hydrogens (tertiary/aromatic N) is 5. The molecule has 388 valence electrons. The van der Waals surface area contributed by atoms with Crippen molar-refractivity contribution in [3.8, 4) is 56.6 Å². The van der Waals surface area contributed by atoms with E-state index in [-0.39, 0.29) is 16.2 Å². The number of hydrogen-bond acceptors (Lipinski definition) is 2. The zero-order chi connectivity index (χ0) is 54.4. The molecule has 79 heavy (non-hydrogen) atoms. The molecule has 0 aliphatic rings. The standard InChI is InChI=1S/C73H65N5O/c1-71(2,3)46-48-37-38-74-68(39-48)78-63-34-18-15-29-60(63)69-66(77-61-32-16-13-27-58(61)59-28-14-17-33-62(59)77)44-55(45-67(69)78)79-54-26-21-25-53(43-54)75-47-76(65-36-20-19-35-64(65)75)70-56(49-23-11-10-12-24-49)30-22-31-57(70)50-40-51(72(4,5)6)42-52(41-50)73(7,8)9/h10-45H,46H2,1-9H3. The van der Waals surface area contributed by atoms with Crippen molar-refractivity contribution in [2.24, 2.45) is 5.41 Å². The summed E-state index contributed by atoms with van der Waals surface area (Å²) in [6, 6.07) is 76.7. The highest BCUT2D eigenvalue weighted by atomic mass is 16.5. The second kappa shape index (κ2) is 18.9. The quantitative estimate of drug-likeness (QED) is 0.107. The number of para-hydroxylation sites is 6. The van der Waals surface area contributed by atoms with Gasteiger partial charge in [0.25, 0.3) is 6.33 Å². The normalized spacial score (nSPS) is 12.4. The molecule has 0 aliphatic heterocycles. The van der Waals surface area contributed by atoms with Gasteiger partial charge < -0.3 is 9.30 Å². The van der Waals surface area contributed by atoms with E-state index in [1.807, 2.05) is 6.20 Å². The Morgan fingerprint density at radius 2 is 1.05 bits per heavy atom. The maximum atomic E-state index is 7.24. The van der Waals surface area contributed by atoms with Crippen molar-refractivity contribution in [3.05, 3.63) is 242 Å². The Kier molecular flexibility index (Phi) is 11.8. The number of aromatic nitrogens is 5. The number of imidazole rings is 1. The van der Waals surface area contributed by atoms with E-state index in [1.54, 1.807) is 0 Å². The van der Waals surface area contributed by atoms with Crippen LogP contribution in [0.1, 0.15) is 79.0 Å². The minimum atomic E-state index is -0.0541. The fourth-order valence-corrected chi connectivity index (χ4v) is 11.8. The molecule has 0 aliphatic carbocycles. The maximum Gasteiger partial charge on any atom is 0.269 e. The number of rotatable bonds is 9. The third-order valence-corrected chi connectivity index (χ3v) is 15.5. The average molecular weight is 1030 g/mol. The van der Waals surface area contributed by atoms with Crippen molar-refractivity contribution in [2.45, 2.75) is 79.6 Å². The average Bonchev–Trinajstić information content (AvgIpc) is 4.12. The van der Waals surface area contributed by atoms with Gasteiger partial charge in [-0.1, -0.05) is 214 Å². The molecule has 13 aromatic rings. The molecule has 4 aromatic heterocycles. The van der Waals surface area contributed by atoms with E-state index in [9.17, 15) is 0 Å². The van der Waals surface area contributed by atoms with E-state index in [4.69, 9.17) is 9.72 Å². The van der Waals surface area contributed by atoms with Crippen LogP contribution in [0.5, 0.6) is 11.5 Å². The first-order valence-corrected chi connectivity index (χ1v) is 27.7. The molecule has 4 heterocycles. The molecule has 0 spiro atoms. The van der Waals surface area contributed by atoms with Crippen LogP contribution in [0, 0.1) is 11.7 Å². The Labute approximate surface area is 463 Å². The third kappa shape index (κ3) is 8.95. The fourth-order valence-electron chi connectivity index (χ4n) is 11.8. The highest BCUT2D eigenvalue weighted by Gasteiger charge is 2.26. The van der Waals surface area contributed by atoms with Gasteiger partial charge in [0.05, 0.1) is 50.2 Å². The van der Waals surface area contributed by atoms with Crippen molar-refractivity contribution in [3.63, 3.8) is 0 Å². The van der Waals surface area contributed by atoms with Gasteiger partial charge in [0.2, 0.25) is 0 Å². The summed E-state index contributed by atoms with van der Waals surface area (Å²) in [5.41, 5.74) is 17.9. The number of pyridine rings is 1. The number of ether oxygens (including phenoxy) is 1. The van der Waals surface area contributed by atoms with E-state index in [2.05, 4.69) is 299 Å². The predicted octanol–water partition coefficient (Wildman–Crippen LogP) is 18.6. The smallest absolute Gasteiger partial charge is 0.269 e. The van der Waals surface area contributed by atoms with Crippen molar-refractivity contribution in [1.82, 2.24) is 18.7 Å². The molecule has 0 unspecified atom stereocenters. The summed E-state index contributed by atoms with van der Waals surface area (Å²) in [6.07, 6.45) is 6.81. The second-order valence-electron chi connectivity index (χ2n) is 24.5. The van der Waals surface area contributed by atoms with E-state index in [0.717, 1.165) is 89.9 Å². The monoisotopic (exact) mass is 1030 g/mol. The van der Waals surface area contributed by atoms with Gasteiger partial charge >= 0.3 is 0 Å². The molecule has 0 amide bonds. The first kappa shape index (κ1) is 49.6. The summed E-state index contributed by atoms with van der Waals surface area (Å²) in [5, 5.41) is 4.66. The molecule has 6 heteroatoms. The van der Waals surface area contributed by atoms with Crippen LogP contribution in [0.2, 0.25) is 0 Å². The van der Waals surface area contributed by atoms with Gasteiger partial charge in [0, 0.05) is 39.9 Å². The van der Waals surface area contributed by atoms with Gasteiger partial charge in [-0.25, -0.2) is 4.98 Å². The Morgan fingerprint density at radius 1 is 0.468 bits per heavy atom. The highest BCUT2D eigenvalue weighted by Crippen LogP contribution is 2.44. The summed E-state index contributed by atoms with van der Waals surface area (Å²) in [5.74, 6) is 2.29. The van der Waals surface area contributed by atoms with E-state index in [1.165, 1.54) is 33.0 Å². The van der Waals surface area contributed by atoms with Crippen LogP contribution in [0.3, 0.4) is 0 Å². The van der Waals surface area contributed by atoms with Crippen LogP contribution < -0.4 is 9.30 Å². The van der Waals surface area contributed by atoms with Crippen LogP contribution in [0.15, 0.2) is 219 Å². The summed E-state index contributed by atoms with van der Waals surface area (Å²) in [4.78, 5) is 5.09. The Balaban J connectivity index is 1.00. The van der Waals surface area contributed by atoms with Crippen molar-refractivity contribution >= 4 is 54.6 Å². The van der Waals surface area contributed by atoms with Gasteiger partial charge in [-0.2, -0.15) is 0 Å². The molecule has 0 fully saturated rings. The zero-order valence-electron chi connectivity index (χ0n) is 46.6. The Hall–Kier alpha value is -9.00. The first-order chi connectivity index (χ1) is 38.1. The van der Waals surface area contributed by atoms with Crippen molar-refractivity contribution < 1.29 is 9.30 Å². The summed E-state index contributed by atoms with van der Waals surface area (Å²) >= 11 is 0. The van der Waals surface area contributed by atoms with Crippen molar-refractivity contribution in [1.29, 1.82) is 0 Å². The SMILES string of the molecule is CC(C)(C)Cc1ccnc(-n2c3ccccc3c3c(-n4c5ccccc5c5ccccc54)cc(Oc4cccc(-n5[c-][n+](-c6c(-c7ccccc7)cccc6-c6cc(C(C)(C)C)cc(C(C)(C)C)c6)c6ccccc65)c4)cc32)c1. The lowest BCUT2D eigenvalue weighted by atomic mass is 9.78. The van der Waals surface area contributed by atoms with Crippen LogP contribution >= 0.6 is 0 Å². The van der Waals surface area contributed by atoms with Crippen LogP contribution in [-0.4, -0.2) is 18.7 Å².